The topological polar surface area (TPSA) is 76.3 Å². The summed E-state index contributed by atoms with van der Waals surface area (Å²) >= 11 is 0. The Morgan fingerprint density at radius 3 is 2.62 bits per heavy atom. The highest BCUT2D eigenvalue weighted by molar-refractivity contribution is 5.95. The van der Waals surface area contributed by atoms with E-state index >= 15 is 0 Å². The highest BCUT2D eigenvalue weighted by atomic mass is 19.1. The van der Waals surface area contributed by atoms with E-state index in [1.165, 1.54) is 12.1 Å². The fraction of sp³-hybridized carbons (Fsp3) is 0.273. The number of rotatable bonds is 5. The summed E-state index contributed by atoms with van der Waals surface area (Å²) < 4.78 is 26.9. The molecule has 3 rings (SSSR count). The van der Waals surface area contributed by atoms with Crippen LogP contribution in [0.3, 0.4) is 0 Å². The van der Waals surface area contributed by atoms with Gasteiger partial charge in [-0.1, -0.05) is 6.07 Å². The number of fused-ring (bicyclic) bond motifs is 1. The molecule has 150 valence electrons. The number of nitrogens with zero attached hydrogens (tertiary/aromatic N) is 2. The van der Waals surface area contributed by atoms with Crippen LogP contribution in [-0.2, 0) is 11.3 Å². The van der Waals surface area contributed by atoms with Crippen LogP contribution < -0.4 is 10.1 Å². The quantitative estimate of drug-likeness (QED) is 0.636. The molecule has 2 aromatic carbocycles. The van der Waals surface area contributed by atoms with Gasteiger partial charge >= 0.3 is 6.09 Å². The third-order valence-electron chi connectivity index (χ3n) is 4.52. The molecular weight excluding hydrogens is 373 g/mol. The minimum absolute atomic E-state index is 0.0127. The van der Waals surface area contributed by atoms with Crippen molar-refractivity contribution >= 4 is 22.7 Å². The molecule has 1 amide bonds. The largest absolute Gasteiger partial charge is 0.497 e. The smallest absolute Gasteiger partial charge is 0.411 e. The number of aryl methyl sites for hydroxylation is 1. The minimum Gasteiger partial charge on any atom is -0.497 e. The highest BCUT2D eigenvalue weighted by Gasteiger charge is 2.20. The SMILES string of the molecule is CCn1c(-c2ccc(NC(=O)OC(C)C)c(F)c2)c(C#N)c2ccc(OC)cc21. The molecule has 6 nitrogen and oxygen atoms in total. The van der Waals surface area contributed by atoms with Gasteiger partial charge in [-0.05, 0) is 45.0 Å². The van der Waals surface area contributed by atoms with Crippen molar-refractivity contribution in [1.82, 2.24) is 4.57 Å². The number of methoxy groups -OCH3 is 1. The summed E-state index contributed by atoms with van der Waals surface area (Å²) in [5.41, 5.74) is 2.47. The Kier molecular flexibility index (Phi) is 5.74. The summed E-state index contributed by atoms with van der Waals surface area (Å²) in [6.07, 6.45) is -1.04. The Hall–Kier alpha value is -3.53. The summed E-state index contributed by atoms with van der Waals surface area (Å²) in [6, 6.07) is 12.2. The number of ether oxygens (including phenoxy) is 2. The monoisotopic (exact) mass is 395 g/mol. The van der Waals surface area contributed by atoms with E-state index in [1.54, 1.807) is 33.1 Å². The number of hydrogen-bond donors (Lipinski definition) is 1. The number of nitriles is 1. The Morgan fingerprint density at radius 2 is 2.03 bits per heavy atom. The lowest BCUT2D eigenvalue weighted by molar-refractivity contribution is 0.130. The number of carbonyl (C=O) groups is 1. The standard InChI is InChI=1S/C22H22FN3O3/c1-5-26-20-11-15(28-4)7-8-16(20)17(12-24)21(26)14-6-9-19(18(23)10-14)25-22(27)29-13(2)3/h6-11,13H,5H2,1-4H3,(H,25,27). The lowest BCUT2D eigenvalue weighted by Gasteiger charge is -2.12. The third kappa shape index (κ3) is 3.87. The van der Waals surface area contributed by atoms with Crippen molar-refractivity contribution in [1.29, 1.82) is 5.26 Å². The van der Waals surface area contributed by atoms with Gasteiger partial charge in [0, 0.05) is 23.6 Å². The Balaban J connectivity index is 2.10. The predicted molar refractivity (Wildman–Crippen MR) is 110 cm³/mol. The molecule has 0 aliphatic heterocycles. The van der Waals surface area contributed by atoms with Crippen LogP contribution in [0.2, 0.25) is 0 Å². The van der Waals surface area contributed by atoms with Crippen LogP contribution in [0.15, 0.2) is 36.4 Å². The van der Waals surface area contributed by atoms with Gasteiger partial charge in [0.25, 0.3) is 0 Å². The Morgan fingerprint density at radius 1 is 1.28 bits per heavy atom. The second kappa shape index (κ2) is 8.23. The van der Waals surface area contributed by atoms with E-state index in [2.05, 4.69) is 11.4 Å². The molecule has 1 N–H and O–H groups in total. The van der Waals surface area contributed by atoms with Crippen LogP contribution >= 0.6 is 0 Å². The molecule has 0 saturated carbocycles. The second-order valence-corrected chi connectivity index (χ2v) is 6.74. The first-order chi connectivity index (χ1) is 13.9. The molecule has 0 spiro atoms. The zero-order chi connectivity index (χ0) is 21.1. The number of halogens is 1. The normalized spacial score (nSPS) is 10.8. The number of nitrogens with one attached hydrogen (secondary N) is 1. The summed E-state index contributed by atoms with van der Waals surface area (Å²) in [6.45, 7) is 5.96. The highest BCUT2D eigenvalue weighted by Crippen LogP contribution is 2.36. The number of carbonyl (C=O) groups excluding carboxylic acids is 1. The van der Waals surface area contributed by atoms with Crippen LogP contribution in [0, 0.1) is 17.1 Å². The summed E-state index contributed by atoms with van der Waals surface area (Å²) in [5.74, 6) is 0.0627. The van der Waals surface area contributed by atoms with Crippen molar-refractivity contribution < 1.29 is 18.7 Å². The molecule has 1 heterocycles. The van der Waals surface area contributed by atoms with Crippen LogP contribution in [0.25, 0.3) is 22.2 Å². The van der Waals surface area contributed by atoms with E-state index in [1.807, 2.05) is 23.6 Å². The molecule has 1 aromatic heterocycles. The molecule has 0 bridgehead atoms. The summed E-state index contributed by atoms with van der Waals surface area (Å²) in [4.78, 5) is 11.7. The van der Waals surface area contributed by atoms with Gasteiger partial charge in [0.15, 0.2) is 0 Å². The molecular formula is C22H22FN3O3. The van der Waals surface area contributed by atoms with Crippen molar-refractivity contribution in [2.75, 3.05) is 12.4 Å². The molecule has 0 atom stereocenters. The zero-order valence-electron chi connectivity index (χ0n) is 16.7. The van der Waals surface area contributed by atoms with Gasteiger partial charge in [-0.2, -0.15) is 5.26 Å². The maximum Gasteiger partial charge on any atom is 0.411 e. The average molecular weight is 395 g/mol. The number of hydrogen-bond acceptors (Lipinski definition) is 4. The maximum absolute atomic E-state index is 14.7. The Labute approximate surface area is 168 Å². The van der Waals surface area contributed by atoms with Gasteiger partial charge in [0.05, 0.1) is 35.7 Å². The molecule has 3 aromatic rings. The minimum atomic E-state index is -0.723. The van der Waals surface area contributed by atoms with Gasteiger partial charge < -0.3 is 14.0 Å². The van der Waals surface area contributed by atoms with Crippen molar-refractivity contribution in [2.24, 2.45) is 0 Å². The van der Waals surface area contributed by atoms with Gasteiger partial charge in [0.1, 0.15) is 17.6 Å². The fourth-order valence-electron chi connectivity index (χ4n) is 3.32. The molecule has 0 fully saturated rings. The summed E-state index contributed by atoms with van der Waals surface area (Å²) in [7, 11) is 1.58. The average Bonchev–Trinajstić information content (AvgIpc) is 3.01. The summed E-state index contributed by atoms with van der Waals surface area (Å²) in [5, 5.41) is 12.9. The van der Waals surface area contributed by atoms with E-state index in [9.17, 15) is 14.4 Å². The van der Waals surface area contributed by atoms with Crippen LogP contribution in [0.1, 0.15) is 26.3 Å². The maximum atomic E-state index is 14.7. The lowest BCUT2D eigenvalue weighted by Crippen LogP contribution is -2.18. The first-order valence-electron chi connectivity index (χ1n) is 9.27. The van der Waals surface area contributed by atoms with Gasteiger partial charge in [-0.15, -0.1) is 0 Å². The molecule has 0 saturated heterocycles. The number of anilines is 1. The number of amides is 1. The number of benzene rings is 2. The second-order valence-electron chi connectivity index (χ2n) is 6.74. The van der Waals surface area contributed by atoms with Crippen LogP contribution in [0.5, 0.6) is 5.75 Å². The van der Waals surface area contributed by atoms with E-state index < -0.39 is 11.9 Å². The van der Waals surface area contributed by atoms with E-state index in [-0.39, 0.29) is 11.8 Å². The fourth-order valence-corrected chi connectivity index (χ4v) is 3.32. The van der Waals surface area contributed by atoms with E-state index in [0.29, 0.717) is 29.1 Å². The van der Waals surface area contributed by atoms with Gasteiger partial charge in [-0.25, -0.2) is 9.18 Å². The van der Waals surface area contributed by atoms with Gasteiger partial charge in [0.2, 0.25) is 0 Å². The van der Waals surface area contributed by atoms with Crippen LogP contribution in [0.4, 0.5) is 14.9 Å². The Bertz CT molecular complexity index is 1110. The van der Waals surface area contributed by atoms with Crippen molar-refractivity contribution in [3.63, 3.8) is 0 Å². The molecule has 0 aliphatic carbocycles. The van der Waals surface area contributed by atoms with Crippen molar-refractivity contribution in [2.45, 2.75) is 33.4 Å². The van der Waals surface area contributed by atoms with E-state index in [0.717, 1.165) is 10.9 Å². The van der Waals surface area contributed by atoms with E-state index in [4.69, 9.17) is 9.47 Å². The third-order valence-corrected chi connectivity index (χ3v) is 4.52. The molecule has 0 radical (unpaired) electrons. The van der Waals surface area contributed by atoms with Crippen molar-refractivity contribution in [3.8, 4) is 23.1 Å². The predicted octanol–water partition coefficient (Wildman–Crippen LogP) is 5.30. The molecule has 29 heavy (non-hydrogen) atoms. The lowest BCUT2D eigenvalue weighted by atomic mass is 10.1. The van der Waals surface area contributed by atoms with Crippen molar-refractivity contribution in [3.05, 3.63) is 47.8 Å². The number of aromatic nitrogens is 1. The van der Waals surface area contributed by atoms with Gasteiger partial charge in [-0.3, -0.25) is 5.32 Å². The van der Waals surface area contributed by atoms with Crippen LogP contribution in [-0.4, -0.2) is 23.9 Å². The first-order valence-corrected chi connectivity index (χ1v) is 9.27. The zero-order valence-corrected chi connectivity index (χ0v) is 16.7. The molecule has 0 aliphatic rings. The molecule has 0 unspecified atom stereocenters. The first kappa shape index (κ1) is 20.2. The molecule has 7 heteroatoms.